The van der Waals surface area contributed by atoms with Crippen molar-refractivity contribution in [1.29, 1.82) is 0 Å². The van der Waals surface area contributed by atoms with E-state index in [1.807, 2.05) is 20.8 Å². The number of likely N-dealkylation sites (tertiary alicyclic amines) is 1. The van der Waals surface area contributed by atoms with Gasteiger partial charge < -0.3 is 19.3 Å². The fourth-order valence-corrected chi connectivity index (χ4v) is 3.34. The third-order valence-corrected chi connectivity index (χ3v) is 5.00. The Morgan fingerprint density at radius 1 is 1.32 bits per heavy atom. The van der Waals surface area contributed by atoms with E-state index in [0.717, 1.165) is 0 Å². The van der Waals surface area contributed by atoms with E-state index in [1.165, 1.54) is 7.11 Å². The Morgan fingerprint density at radius 2 is 2.04 bits per heavy atom. The van der Waals surface area contributed by atoms with Gasteiger partial charge >= 0.3 is 5.97 Å². The van der Waals surface area contributed by atoms with Crippen molar-refractivity contribution in [3.8, 4) is 11.5 Å². The third kappa shape index (κ3) is 3.64. The van der Waals surface area contributed by atoms with Crippen molar-refractivity contribution in [1.82, 2.24) is 15.0 Å². The molecule has 0 bridgehead atoms. The summed E-state index contributed by atoms with van der Waals surface area (Å²) in [5.41, 5.74) is -0.416. The highest BCUT2D eigenvalue weighted by Crippen LogP contribution is 2.34. The number of carbonyl (C=O) groups excluding carboxylic acids is 1. The molecule has 1 aromatic heterocycles. The lowest BCUT2D eigenvalue weighted by atomic mass is 9.88. The molecule has 8 nitrogen and oxygen atoms in total. The molecule has 1 N–H and O–H groups in total. The number of aromatic nitrogens is 2. The molecule has 8 heteroatoms. The lowest BCUT2D eigenvalue weighted by Crippen LogP contribution is -2.40. The maximum atomic E-state index is 13.2. The number of rotatable bonds is 5. The lowest BCUT2D eigenvalue weighted by Gasteiger charge is -2.24. The van der Waals surface area contributed by atoms with Gasteiger partial charge in [0.2, 0.25) is 0 Å². The lowest BCUT2D eigenvalue weighted by molar-refractivity contribution is -0.151. The SMILES string of the molecule is COCC1(C(=O)O)CCN(C(=O)c2ccccc2-c2nc(C(C)(C)C)no2)C1. The van der Waals surface area contributed by atoms with Crippen molar-refractivity contribution in [3.05, 3.63) is 35.7 Å². The van der Waals surface area contributed by atoms with Gasteiger partial charge in [0.15, 0.2) is 5.82 Å². The van der Waals surface area contributed by atoms with Crippen molar-refractivity contribution in [2.24, 2.45) is 5.41 Å². The number of carboxylic acids is 1. The minimum absolute atomic E-state index is 0.0619. The van der Waals surface area contributed by atoms with Crippen LogP contribution in [0.2, 0.25) is 0 Å². The molecule has 1 unspecified atom stereocenters. The molecule has 0 spiro atoms. The van der Waals surface area contributed by atoms with Crippen LogP contribution in [-0.4, -0.2) is 58.8 Å². The number of carboxylic acid groups (broad SMARTS) is 1. The van der Waals surface area contributed by atoms with Crippen LogP contribution in [0.1, 0.15) is 43.4 Å². The number of amides is 1. The predicted octanol–water partition coefficient (Wildman–Crippen LogP) is 2.60. The van der Waals surface area contributed by atoms with Crippen LogP contribution in [0.4, 0.5) is 0 Å². The first-order valence-electron chi connectivity index (χ1n) is 9.13. The van der Waals surface area contributed by atoms with Gasteiger partial charge in [-0.05, 0) is 18.6 Å². The number of hydrogen-bond donors (Lipinski definition) is 1. The summed E-state index contributed by atoms with van der Waals surface area (Å²) in [7, 11) is 1.47. The van der Waals surface area contributed by atoms with Crippen LogP contribution in [0, 0.1) is 5.41 Å². The smallest absolute Gasteiger partial charge is 0.313 e. The average molecular weight is 387 g/mol. The zero-order valence-electron chi connectivity index (χ0n) is 16.6. The zero-order chi connectivity index (χ0) is 20.5. The van der Waals surface area contributed by atoms with Gasteiger partial charge in [-0.3, -0.25) is 9.59 Å². The van der Waals surface area contributed by atoms with E-state index in [4.69, 9.17) is 9.26 Å². The summed E-state index contributed by atoms with van der Waals surface area (Å²) < 4.78 is 10.5. The minimum atomic E-state index is -1.08. The second-order valence-electron chi connectivity index (χ2n) is 8.21. The molecule has 1 atom stereocenters. The molecule has 0 radical (unpaired) electrons. The monoisotopic (exact) mass is 387 g/mol. The summed E-state index contributed by atoms with van der Waals surface area (Å²) in [6.45, 7) is 6.44. The summed E-state index contributed by atoms with van der Waals surface area (Å²) in [5.74, 6) is -0.389. The number of ether oxygens (including phenoxy) is 1. The van der Waals surface area contributed by atoms with Crippen LogP contribution in [0.3, 0.4) is 0 Å². The van der Waals surface area contributed by atoms with E-state index in [9.17, 15) is 14.7 Å². The van der Waals surface area contributed by atoms with Crippen molar-refractivity contribution in [2.45, 2.75) is 32.6 Å². The molecular formula is C20H25N3O5. The second-order valence-corrected chi connectivity index (χ2v) is 8.21. The molecule has 0 saturated carbocycles. The van der Waals surface area contributed by atoms with Crippen molar-refractivity contribution < 1.29 is 24.0 Å². The Bertz CT molecular complexity index is 886. The molecule has 1 fully saturated rings. The molecule has 3 rings (SSSR count). The van der Waals surface area contributed by atoms with Gasteiger partial charge in [-0.25, -0.2) is 0 Å². The summed E-state index contributed by atoms with van der Waals surface area (Å²) >= 11 is 0. The Balaban J connectivity index is 1.90. The highest BCUT2D eigenvalue weighted by molar-refractivity contribution is 6.00. The number of benzene rings is 1. The molecule has 1 aliphatic heterocycles. The van der Waals surface area contributed by atoms with Crippen LogP contribution in [-0.2, 0) is 14.9 Å². The Morgan fingerprint density at radius 3 is 2.64 bits per heavy atom. The first-order valence-corrected chi connectivity index (χ1v) is 9.13. The van der Waals surface area contributed by atoms with E-state index in [2.05, 4.69) is 10.1 Å². The van der Waals surface area contributed by atoms with Crippen LogP contribution >= 0.6 is 0 Å². The summed E-state index contributed by atoms with van der Waals surface area (Å²) in [4.78, 5) is 30.9. The summed E-state index contributed by atoms with van der Waals surface area (Å²) in [6.07, 6.45) is 0.346. The number of methoxy groups -OCH3 is 1. The van der Waals surface area contributed by atoms with Gasteiger partial charge in [-0.1, -0.05) is 38.1 Å². The highest BCUT2D eigenvalue weighted by atomic mass is 16.5. The van der Waals surface area contributed by atoms with Crippen LogP contribution < -0.4 is 0 Å². The summed E-state index contributed by atoms with van der Waals surface area (Å²) in [5, 5.41) is 13.7. The minimum Gasteiger partial charge on any atom is -0.481 e. The molecular weight excluding hydrogens is 362 g/mol. The van der Waals surface area contributed by atoms with Gasteiger partial charge in [-0.15, -0.1) is 0 Å². The Hall–Kier alpha value is -2.74. The number of aliphatic carboxylic acids is 1. The highest BCUT2D eigenvalue weighted by Gasteiger charge is 2.46. The topological polar surface area (TPSA) is 106 Å². The molecule has 28 heavy (non-hydrogen) atoms. The maximum Gasteiger partial charge on any atom is 0.313 e. The van der Waals surface area contributed by atoms with Crippen LogP contribution in [0.15, 0.2) is 28.8 Å². The molecule has 1 amide bonds. The first kappa shape index (κ1) is 20.0. The van der Waals surface area contributed by atoms with E-state index < -0.39 is 11.4 Å². The number of nitrogens with zero attached hydrogens (tertiary/aromatic N) is 3. The van der Waals surface area contributed by atoms with Crippen LogP contribution in [0.25, 0.3) is 11.5 Å². The van der Waals surface area contributed by atoms with Gasteiger partial charge in [0.1, 0.15) is 5.41 Å². The second kappa shape index (κ2) is 7.35. The predicted molar refractivity (Wildman–Crippen MR) is 101 cm³/mol. The van der Waals surface area contributed by atoms with E-state index in [0.29, 0.717) is 29.9 Å². The average Bonchev–Trinajstić information content (AvgIpc) is 3.29. The van der Waals surface area contributed by atoms with Crippen LogP contribution in [0.5, 0.6) is 0 Å². The molecule has 1 saturated heterocycles. The number of hydrogen-bond acceptors (Lipinski definition) is 6. The van der Waals surface area contributed by atoms with Gasteiger partial charge in [0, 0.05) is 25.6 Å². The van der Waals surface area contributed by atoms with Crippen molar-refractivity contribution in [3.63, 3.8) is 0 Å². The molecule has 1 aliphatic rings. The Labute approximate surface area is 163 Å². The fraction of sp³-hybridized carbons (Fsp3) is 0.500. The standard InChI is InChI=1S/C20H25N3O5/c1-19(2,3)17-21-15(28-22-17)13-7-5-6-8-14(13)16(24)23-10-9-20(11-23,12-27-4)18(25)26/h5-8H,9-12H2,1-4H3,(H,25,26). The molecule has 1 aromatic carbocycles. The van der Waals surface area contributed by atoms with E-state index >= 15 is 0 Å². The largest absolute Gasteiger partial charge is 0.481 e. The normalized spacial score (nSPS) is 19.8. The quantitative estimate of drug-likeness (QED) is 0.840. The van der Waals surface area contributed by atoms with Gasteiger partial charge in [0.05, 0.1) is 17.7 Å². The van der Waals surface area contributed by atoms with Crippen molar-refractivity contribution in [2.75, 3.05) is 26.8 Å². The van der Waals surface area contributed by atoms with E-state index in [-0.39, 0.29) is 30.4 Å². The van der Waals surface area contributed by atoms with E-state index in [1.54, 1.807) is 29.2 Å². The third-order valence-electron chi connectivity index (χ3n) is 5.00. The number of carbonyl (C=O) groups is 2. The molecule has 2 aromatic rings. The first-order chi connectivity index (χ1) is 13.2. The molecule has 150 valence electrons. The molecule has 2 heterocycles. The summed E-state index contributed by atoms with van der Waals surface area (Å²) in [6, 6.07) is 7.00. The maximum absolute atomic E-state index is 13.2. The van der Waals surface area contributed by atoms with Gasteiger partial charge in [0.25, 0.3) is 11.8 Å². The zero-order valence-corrected chi connectivity index (χ0v) is 16.6. The molecule has 0 aliphatic carbocycles. The Kier molecular flexibility index (Phi) is 5.25. The van der Waals surface area contributed by atoms with Crippen molar-refractivity contribution >= 4 is 11.9 Å². The van der Waals surface area contributed by atoms with Gasteiger partial charge in [-0.2, -0.15) is 4.98 Å². The fourth-order valence-electron chi connectivity index (χ4n) is 3.34.